The Bertz CT molecular complexity index is 6380. The molecule has 39 nitrogen and oxygen atoms in total. The molecular weight excluding hydrogens is 1700 g/mol. The average molecular weight is 1820 g/mol. The third-order valence-corrected chi connectivity index (χ3v) is 24.6. The summed E-state index contributed by atoms with van der Waals surface area (Å²) in [6.45, 7) is 27.4. The highest BCUT2D eigenvalue weighted by atomic mass is 16.5. The minimum absolute atomic E-state index is 0.0145. The summed E-state index contributed by atoms with van der Waals surface area (Å²) in [6, 6.07) is 33.6. The Balaban J connectivity index is 0.000000137. The fourth-order valence-corrected chi connectivity index (χ4v) is 15.3. The van der Waals surface area contributed by atoms with Crippen LogP contribution in [0.1, 0.15) is 161 Å². The lowest BCUT2D eigenvalue weighted by Gasteiger charge is -2.31. The molecule has 14 N–H and O–H groups in total. The number of aliphatic hydroxyl groups excluding tert-OH is 1. The monoisotopic (exact) mass is 1810 g/mol. The van der Waals surface area contributed by atoms with Gasteiger partial charge >= 0.3 is 6.01 Å². The molecule has 11 aromatic heterocycles. The van der Waals surface area contributed by atoms with Crippen LogP contribution in [0, 0.1) is 11.8 Å². The van der Waals surface area contributed by atoms with E-state index in [1.165, 1.54) is 0 Å². The zero-order valence-electron chi connectivity index (χ0n) is 77.1. The van der Waals surface area contributed by atoms with Crippen molar-refractivity contribution in [1.82, 2.24) is 115 Å². The molecule has 13 heterocycles. The van der Waals surface area contributed by atoms with Gasteiger partial charge in [-0.05, 0) is 158 Å². The minimum atomic E-state index is -0.853. The number of nitrogen functional groups attached to an aromatic ring is 4. The molecule has 1 amide bonds. The van der Waals surface area contributed by atoms with Crippen LogP contribution in [-0.4, -0.2) is 201 Å². The first-order chi connectivity index (χ1) is 64.1. The lowest BCUT2D eigenvalue weighted by Crippen LogP contribution is -2.40. The third-order valence-electron chi connectivity index (χ3n) is 24.6. The van der Waals surface area contributed by atoms with Crippen LogP contribution in [0.5, 0.6) is 0 Å². The zero-order valence-corrected chi connectivity index (χ0v) is 77.1. The van der Waals surface area contributed by atoms with E-state index in [1.807, 2.05) is 95.0 Å². The predicted molar refractivity (Wildman–Crippen MR) is 504 cm³/mol. The number of anilines is 7. The molecule has 694 valence electrons. The number of rotatable bonds is 27. The average Bonchev–Trinajstić information content (AvgIpc) is 1.59. The van der Waals surface area contributed by atoms with Crippen LogP contribution in [0.4, 0.5) is 41.4 Å². The molecule has 3 aliphatic rings. The molecule has 39 heteroatoms. The van der Waals surface area contributed by atoms with Crippen molar-refractivity contribution in [1.29, 1.82) is 0 Å². The van der Waals surface area contributed by atoms with Crippen LogP contribution in [0.25, 0.3) is 79.1 Å². The molecule has 134 heavy (non-hydrogen) atoms. The molecule has 0 bridgehead atoms. The van der Waals surface area contributed by atoms with Gasteiger partial charge in [0, 0.05) is 124 Å². The highest BCUT2D eigenvalue weighted by molar-refractivity contribution is 5.76. The summed E-state index contributed by atoms with van der Waals surface area (Å²) in [5.41, 5.74) is 38.7. The van der Waals surface area contributed by atoms with Crippen LogP contribution < -0.4 is 44.2 Å². The smallest absolute Gasteiger partial charge is 0.324 e. The van der Waals surface area contributed by atoms with Gasteiger partial charge in [-0.2, -0.15) is 25.0 Å². The number of amides is 1. The van der Waals surface area contributed by atoms with Gasteiger partial charge < -0.3 is 82.1 Å². The fraction of sp³-hybridized carbons (Fsp3) is 0.368. The lowest BCUT2D eigenvalue weighted by atomic mass is 9.72. The Labute approximate surface area is 774 Å². The van der Waals surface area contributed by atoms with Crippen molar-refractivity contribution < 1.29 is 37.8 Å². The van der Waals surface area contributed by atoms with E-state index in [0.29, 0.717) is 89.3 Å². The highest BCUT2D eigenvalue weighted by Crippen LogP contribution is 2.51. The first kappa shape index (κ1) is 93.7. The van der Waals surface area contributed by atoms with Crippen molar-refractivity contribution in [2.45, 2.75) is 167 Å². The Morgan fingerprint density at radius 1 is 0.470 bits per heavy atom. The van der Waals surface area contributed by atoms with Crippen LogP contribution in [0.2, 0.25) is 0 Å². The van der Waals surface area contributed by atoms with E-state index in [2.05, 4.69) is 187 Å². The number of nitrogens with zero attached hydrogens (tertiary/aromatic N) is 24. The molecule has 3 atom stereocenters. The lowest BCUT2D eigenvalue weighted by molar-refractivity contribution is -0.131. The van der Waals surface area contributed by atoms with Crippen molar-refractivity contribution >= 4 is 47.4 Å². The maximum Gasteiger partial charge on any atom is 0.324 e. The quantitative estimate of drug-likeness (QED) is 0.0231. The molecular formula is C95H111N31O8. The van der Waals surface area contributed by atoms with E-state index >= 15 is 0 Å². The number of piperidine rings is 1. The van der Waals surface area contributed by atoms with Gasteiger partial charge in [-0.25, -0.2) is 59.8 Å². The number of ether oxygens (including phenoxy) is 1. The van der Waals surface area contributed by atoms with Gasteiger partial charge in [0.05, 0.1) is 82.1 Å². The number of aromatic nitrogens is 22. The van der Waals surface area contributed by atoms with Crippen molar-refractivity contribution in [3.63, 3.8) is 0 Å². The van der Waals surface area contributed by atoms with Crippen LogP contribution in [0.15, 0.2) is 202 Å². The van der Waals surface area contributed by atoms with Crippen LogP contribution >= 0.6 is 0 Å². The number of nitrogens with two attached hydrogens (primary N) is 5. The summed E-state index contributed by atoms with van der Waals surface area (Å²) in [4.78, 5) is 85.2. The van der Waals surface area contributed by atoms with E-state index in [0.717, 1.165) is 112 Å². The van der Waals surface area contributed by atoms with E-state index in [4.69, 9.17) is 61.5 Å². The molecule has 0 radical (unpaired) electrons. The van der Waals surface area contributed by atoms with Crippen molar-refractivity contribution in [3.8, 4) is 79.1 Å². The van der Waals surface area contributed by atoms with Crippen molar-refractivity contribution in [3.05, 3.63) is 229 Å². The summed E-state index contributed by atoms with van der Waals surface area (Å²) in [6.07, 6.45) is 28.4. The van der Waals surface area contributed by atoms with E-state index in [9.17, 15) is 15.0 Å². The summed E-state index contributed by atoms with van der Waals surface area (Å²) < 4.78 is 29.3. The molecule has 1 aliphatic carbocycles. The first-order valence-corrected chi connectivity index (χ1v) is 44.1. The molecule has 3 fully saturated rings. The van der Waals surface area contributed by atoms with Gasteiger partial charge in [-0.1, -0.05) is 132 Å². The molecule has 15 aromatic rings. The molecule has 1 unspecified atom stereocenters. The summed E-state index contributed by atoms with van der Waals surface area (Å²) >= 11 is 0. The first-order valence-electron chi connectivity index (χ1n) is 44.1. The predicted octanol–water partition coefficient (Wildman–Crippen LogP) is 12.1. The Morgan fingerprint density at radius 2 is 0.896 bits per heavy atom. The Hall–Kier alpha value is -15.0. The standard InChI is InChI=1S/C27H30N8O3.2C23H26N8O2.C22H29N7O/c1-27(21-7-8-21,20-5-3-17(4-6-20)18-11-29-26(28)30-12-18)25-32-24(38-33-25)19-13-31-35(14-19)16-23(36)34-10-9-22(15-34)37-2;1-22(2,13-32)30-18-12-25-17(11-26-18)19-29-20(31-33-19)23(3,4)16-7-5-14(6-8-16)15-9-27-21(24)28-10-15;1-22(2,32)13-29-18-12-25-17(11-26-18)19-30-20(31-33-19)23(3,4)16-7-5-14(6-8-16)15-9-27-21(24)28-10-15;1-14(2)22(3,19-27-21(30-28-19)29-10-8-18(23)9-11-29)17-6-4-15(5-7-17)16-12-25-20(24)26-13-16/h3-6,11-14,21-22H,7-10,15-16H2,1-2H3,(H2,28,29,30);5-12,32H,13H2,1-4H3,(H,26,30)(H2,24,27,28);5-12,32H,13H2,1-4H3,(H,26,29)(H2,24,27,28);4-7,12-14,18H,8-11,23H2,1-3H3,(H2,24,25,26)/t22-,27-;;;/m0.../s1. The Morgan fingerprint density at radius 3 is 1.31 bits per heavy atom. The van der Waals surface area contributed by atoms with Gasteiger partial charge in [0.25, 0.3) is 17.7 Å². The van der Waals surface area contributed by atoms with E-state index in [1.54, 1.807) is 112 Å². The topological polar surface area (TPSA) is 556 Å². The second kappa shape index (κ2) is 39.6. The third kappa shape index (κ3) is 21.9. The van der Waals surface area contributed by atoms with E-state index in [-0.39, 0.29) is 78.1 Å². The number of nitrogens with one attached hydrogen (secondary N) is 2. The van der Waals surface area contributed by atoms with Gasteiger partial charge in [-0.15, -0.1) is 0 Å². The maximum atomic E-state index is 12.7. The summed E-state index contributed by atoms with van der Waals surface area (Å²) in [5, 5.41) is 46.9. The largest absolute Gasteiger partial charge is 0.394 e. The normalized spacial score (nSPS) is 15.2. The molecule has 4 aromatic carbocycles. The van der Waals surface area contributed by atoms with Crippen molar-refractivity contribution in [2.24, 2.45) is 17.6 Å². The number of methoxy groups -OCH3 is 1. The highest BCUT2D eigenvalue weighted by Gasteiger charge is 2.48. The number of hydrogen-bond acceptors (Lipinski definition) is 37. The summed E-state index contributed by atoms with van der Waals surface area (Å²) in [7, 11) is 1.68. The van der Waals surface area contributed by atoms with Crippen LogP contribution in [-0.2, 0) is 37.7 Å². The van der Waals surface area contributed by atoms with E-state index < -0.39 is 27.4 Å². The molecule has 2 aliphatic heterocycles. The van der Waals surface area contributed by atoms with Gasteiger partial charge in [0.1, 0.15) is 29.6 Å². The second-order valence-electron chi connectivity index (χ2n) is 36.5. The van der Waals surface area contributed by atoms with Gasteiger partial charge in [-0.3, -0.25) is 9.48 Å². The molecule has 2 saturated heterocycles. The van der Waals surface area contributed by atoms with Gasteiger partial charge in [0.15, 0.2) is 23.3 Å². The molecule has 18 rings (SSSR count). The Kier molecular flexibility index (Phi) is 27.7. The zero-order chi connectivity index (χ0) is 94.9. The molecule has 1 saturated carbocycles. The second-order valence-corrected chi connectivity index (χ2v) is 36.5. The number of likely N-dealkylation sites (tertiary alicyclic amines) is 1. The van der Waals surface area contributed by atoms with Gasteiger partial charge in [0.2, 0.25) is 29.7 Å². The number of carbonyl (C=O) groups is 1. The number of benzene rings is 4. The SMILES string of the molecule is CC(C)(CO)Nc1cnc(-c2nc(C(C)(C)c3ccc(-c4cnc(N)nc4)cc3)no2)cn1.CC(C)(O)CNc1cnc(-c2nc(C(C)(C)c3ccc(-c4cnc(N)nc4)cc3)no2)cn1.CC(C)C(C)(c1ccc(-c2cnc(N)nc2)cc1)c1noc(N2CCC(N)CC2)n1.CO[C@H]1CCN(C(=O)Cn2cc(-c3nc([C@@](C)(c4ccc(-c5cnc(N)nc5)cc4)C4CC4)no3)cn2)C1. The maximum absolute atomic E-state index is 12.7. The number of aliphatic hydroxyl groups is 2. The number of hydrogen-bond donors (Lipinski definition) is 9. The van der Waals surface area contributed by atoms with Crippen molar-refractivity contribution in [2.75, 3.05) is 84.9 Å². The fourth-order valence-electron chi connectivity index (χ4n) is 15.3. The summed E-state index contributed by atoms with van der Waals surface area (Å²) in [5.74, 6) is 6.19. The molecule has 0 spiro atoms. The van der Waals surface area contributed by atoms with Crippen LogP contribution in [0.3, 0.4) is 0 Å². The minimum Gasteiger partial charge on any atom is -0.394 e. The number of carbonyl (C=O) groups excluding carboxylic acids is 1.